The van der Waals surface area contributed by atoms with E-state index in [0.717, 1.165) is 64.6 Å². The lowest BCUT2D eigenvalue weighted by atomic mass is 10.0. The Hall–Kier alpha value is -3.36. The molecule has 7 nitrogen and oxygen atoms in total. The fourth-order valence-electron chi connectivity index (χ4n) is 4.68. The van der Waals surface area contributed by atoms with Crippen molar-refractivity contribution < 1.29 is 13.9 Å². The number of ether oxygens (including phenoxy) is 1. The summed E-state index contributed by atoms with van der Waals surface area (Å²) in [6.45, 7) is 5.97. The maximum absolute atomic E-state index is 15.1. The SMILES string of the molecule is O=C(NC1CCN(c2ccc(CN3CCOCC3)cn2)CC1)c1cccc(-c2cccnc2)c1F. The number of nitrogens with one attached hydrogen (secondary N) is 1. The highest BCUT2D eigenvalue weighted by molar-refractivity contribution is 5.96. The van der Waals surface area contributed by atoms with Crippen LogP contribution in [-0.2, 0) is 11.3 Å². The van der Waals surface area contributed by atoms with E-state index in [1.54, 1.807) is 36.7 Å². The number of aromatic nitrogens is 2. The third-order valence-corrected chi connectivity index (χ3v) is 6.69. The summed E-state index contributed by atoms with van der Waals surface area (Å²) in [5, 5.41) is 3.02. The Morgan fingerprint density at radius 3 is 2.57 bits per heavy atom. The minimum Gasteiger partial charge on any atom is -0.379 e. The number of hydrogen-bond acceptors (Lipinski definition) is 6. The van der Waals surface area contributed by atoms with Crippen LogP contribution in [0, 0.1) is 5.82 Å². The van der Waals surface area contributed by atoms with Crippen molar-refractivity contribution >= 4 is 11.7 Å². The molecule has 1 amide bonds. The fourth-order valence-corrected chi connectivity index (χ4v) is 4.68. The highest BCUT2D eigenvalue weighted by Gasteiger charge is 2.24. The molecule has 8 heteroatoms. The van der Waals surface area contributed by atoms with Crippen molar-refractivity contribution in [2.24, 2.45) is 0 Å². The minimum absolute atomic E-state index is 0.000733. The second-order valence-corrected chi connectivity index (χ2v) is 9.06. The predicted molar refractivity (Wildman–Crippen MR) is 133 cm³/mol. The highest BCUT2D eigenvalue weighted by Crippen LogP contribution is 2.25. The van der Waals surface area contributed by atoms with E-state index in [1.807, 2.05) is 6.20 Å². The van der Waals surface area contributed by atoms with Crippen LogP contribution >= 0.6 is 0 Å². The van der Waals surface area contributed by atoms with E-state index < -0.39 is 5.82 Å². The lowest BCUT2D eigenvalue weighted by Gasteiger charge is -2.33. The highest BCUT2D eigenvalue weighted by atomic mass is 19.1. The number of amides is 1. The van der Waals surface area contributed by atoms with Crippen LogP contribution in [0.4, 0.5) is 10.2 Å². The standard InChI is InChI=1S/C27H30FN5O2/c28-26-23(21-3-2-10-29-18-21)4-1-5-24(26)27(34)31-22-8-11-33(12-9-22)25-7-6-20(17-30-25)19-32-13-15-35-16-14-32/h1-7,10,17-18,22H,8-9,11-16,19H2,(H,31,34). The van der Waals surface area contributed by atoms with Gasteiger partial charge in [-0.3, -0.25) is 14.7 Å². The van der Waals surface area contributed by atoms with Crippen molar-refractivity contribution in [1.82, 2.24) is 20.2 Å². The van der Waals surface area contributed by atoms with Crippen molar-refractivity contribution in [3.8, 4) is 11.1 Å². The summed E-state index contributed by atoms with van der Waals surface area (Å²) in [7, 11) is 0. The molecule has 0 atom stereocenters. The quantitative estimate of drug-likeness (QED) is 0.588. The molecule has 2 aromatic heterocycles. The molecular weight excluding hydrogens is 445 g/mol. The summed E-state index contributed by atoms with van der Waals surface area (Å²) in [5.74, 6) is 0.0600. The molecule has 182 valence electrons. The average molecular weight is 476 g/mol. The van der Waals surface area contributed by atoms with E-state index in [1.165, 1.54) is 11.6 Å². The Labute approximate surface area is 204 Å². The first-order valence-corrected chi connectivity index (χ1v) is 12.2. The number of hydrogen-bond donors (Lipinski definition) is 1. The zero-order valence-electron chi connectivity index (χ0n) is 19.7. The number of halogens is 1. The van der Waals surface area contributed by atoms with Crippen molar-refractivity contribution in [1.29, 1.82) is 0 Å². The fraction of sp³-hybridized carbons (Fsp3) is 0.370. The number of anilines is 1. The molecule has 1 N–H and O–H groups in total. The van der Waals surface area contributed by atoms with Gasteiger partial charge in [0.1, 0.15) is 11.6 Å². The molecule has 0 aliphatic carbocycles. The zero-order chi connectivity index (χ0) is 24.0. The molecule has 1 aromatic carbocycles. The number of nitrogens with zero attached hydrogens (tertiary/aromatic N) is 4. The molecule has 2 saturated heterocycles. The number of pyridine rings is 2. The molecule has 2 aliphatic heterocycles. The Morgan fingerprint density at radius 1 is 1.03 bits per heavy atom. The predicted octanol–water partition coefficient (Wildman–Crippen LogP) is 3.51. The summed E-state index contributed by atoms with van der Waals surface area (Å²) in [6, 6.07) is 12.7. The van der Waals surface area contributed by atoms with Gasteiger partial charge in [0.05, 0.1) is 18.8 Å². The maximum Gasteiger partial charge on any atom is 0.254 e. The van der Waals surface area contributed by atoms with Crippen LogP contribution in [0.2, 0.25) is 0 Å². The minimum atomic E-state index is -0.517. The van der Waals surface area contributed by atoms with Crippen LogP contribution in [0.15, 0.2) is 61.1 Å². The van der Waals surface area contributed by atoms with Gasteiger partial charge in [0.25, 0.3) is 5.91 Å². The lowest BCUT2D eigenvalue weighted by Crippen LogP contribution is -2.45. The lowest BCUT2D eigenvalue weighted by molar-refractivity contribution is 0.0341. The number of benzene rings is 1. The molecule has 0 spiro atoms. The van der Waals surface area contributed by atoms with Gasteiger partial charge in [-0.05, 0) is 36.6 Å². The van der Waals surface area contributed by atoms with Crippen molar-refractivity contribution in [2.45, 2.75) is 25.4 Å². The summed E-state index contributed by atoms with van der Waals surface area (Å²) in [5.41, 5.74) is 2.29. The van der Waals surface area contributed by atoms with Gasteiger partial charge >= 0.3 is 0 Å². The van der Waals surface area contributed by atoms with Gasteiger partial charge in [-0.2, -0.15) is 0 Å². The molecule has 0 saturated carbocycles. The van der Waals surface area contributed by atoms with Crippen LogP contribution in [0.1, 0.15) is 28.8 Å². The average Bonchev–Trinajstić information content (AvgIpc) is 2.91. The van der Waals surface area contributed by atoms with Crippen molar-refractivity contribution in [2.75, 3.05) is 44.3 Å². The van der Waals surface area contributed by atoms with Crippen molar-refractivity contribution in [3.63, 3.8) is 0 Å². The molecule has 2 aliphatic rings. The molecule has 5 rings (SSSR count). The van der Waals surface area contributed by atoms with Gasteiger partial charge in [0, 0.05) is 68.5 Å². The molecule has 0 bridgehead atoms. The second-order valence-electron chi connectivity index (χ2n) is 9.06. The summed E-state index contributed by atoms with van der Waals surface area (Å²) in [6.07, 6.45) is 6.76. The van der Waals surface area contributed by atoms with E-state index in [9.17, 15) is 4.79 Å². The Bertz CT molecular complexity index is 1130. The van der Waals surface area contributed by atoms with E-state index in [-0.39, 0.29) is 17.5 Å². The first-order chi connectivity index (χ1) is 17.2. The summed E-state index contributed by atoms with van der Waals surface area (Å²) in [4.78, 5) is 26.2. The Balaban J connectivity index is 1.15. The number of piperidine rings is 1. The Kier molecular flexibility index (Phi) is 7.30. The topological polar surface area (TPSA) is 70.6 Å². The van der Waals surface area contributed by atoms with E-state index in [2.05, 4.69) is 37.2 Å². The third-order valence-electron chi connectivity index (χ3n) is 6.69. The van der Waals surface area contributed by atoms with Crippen LogP contribution < -0.4 is 10.2 Å². The molecule has 0 unspecified atom stereocenters. The van der Waals surface area contributed by atoms with Crippen LogP contribution in [0.5, 0.6) is 0 Å². The summed E-state index contributed by atoms with van der Waals surface area (Å²) < 4.78 is 20.5. The molecule has 2 fully saturated rings. The zero-order valence-corrected chi connectivity index (χ0v) is 19.7. The van der Waals surface area contributed by atoms with Gasteiger partial charge in [-0.25, -0.2) is 9.37 Å². The maximum atomic E-state index is 15.1. The van der Waals surface area contributed by atoms with Gasteiger partial charge < -0.3 is 15.0 Å². The summed E-state index contributed by atoms with van der Waals surface area (Å²) >= 11 is 0. The van der Waals surface area contributed by atoms with Crippen LogP contribution in [0.3, 0.4) is 0 Å². The largest absolute Gasteiger partial charge is 0.379 e. The van der Waals surface area contributed by atoms with E-state index in [0.29, 0.717) is 11.1 Å². The van der Waals surface area contributed by atoms with Crippen molar-refractivity contribution in [3.05, 3.63) is 78.0 Å². The number of carbonyl (C=O) groups excluding carboxylic acids is 1. The van der Waals surface area contributed by atoms with E-state index in [4.69, 9.17) is 4.74 Å². The second kappa shape index (κ2) is 10.9. The molecular formula is C27H30FN5O2. The number of morpholine rings is 1. The number of carbonyl (C=O) groups is 1. The molecule has 4 heterocycles. The van der Waals surface area contributed by atoms with E-state index >= 15 is 4.39 Å². The van der Waals surface area contributed by atoms with Gasteiger partial charge in [0.2, 0.25) is 0 Å². The molecule has 0 radical (unpaired) electrons. The third kappa shape index (κ3) is 5.66. The first-order valence-electron chi connectivity index (χ1n) is 12.2. The monoisotopic (exact) mass is 475 g/mol. The number of rotatable bonds is 6. The molecule has 3 aromatic rings. The van der Waals surface area contributed by atoms with Gasteiger partial charge in [0.15, 0.2) is 0 Å². The van der Waals surface area contributed by atoms with Gasteiger partial charge in [-0.15, -0.1) is 0 Å². The molecule has 35 heavy (non-hydrogen) atoms. The van der Waals surface area contributed by atoms with Crippen LogP contribution in [-0.4, -0.2) is 66.2 Å². The van der Waals surface area contributed by atoms with Gasteiger partial charge in [-0.1, -0.05) is 24.3 Å². The Morgan fingerprint density at radius 2 is 1.86 bits per heavy atom. The normalized spacial score (nSPS) is 17.3. The van der Waals surface area contributed by atoms with Crippen LogP contribution in [0.25, 0.3) is 11.1 Å². The smallest absolute Gasteiger partial charge is 0.254 e. The first kappa shape index (κ1) is 23.4.